The molecule has 2 nitrogen and oxygen atoms in total. The van der Waals surface area contributed by atoms with E-state index in [0.717, 1.165) is 34.6 Å². The van der Waals surface area contributed by atoms with Crippen molar-refractivity contribution in [3.63, 3.8) is 0 Å². The largest absolute Gasteiger partial charge is 0.457 e. The third kappa shape index (κ3) is 3.62. The molecular weight excluding hydrogens is 314 g/mol. The maximum Gasteiger partial charge on any atom is 0.133 e. The summed E-state index contributed by atoms with van der Waals surface area (Å²) < 4.78 is 7.15. The van der Waals surface area contributed by atoms with Crippen LogP contribution in [0.15, 0.2) is 40.9 Å². The Balaban J connectivity index is 2.31. The highest BCUT2D eigenvalue weighted by Crippen LogP contribution is 2.31. The number of benzene rings is 2. The molecule has 0 fully saturated rings. The molecule has 0 bridgehead atoms. The number of hydrogen-bond acceptors (Lipinski definition) is 2. The van der Waals surface area contributed by atoms with E-state index in [1.165, 1.54) is 11.1 Å². The number of hydrogen-bond donors (Lipinski definition) is 1. The molecule has 0 saturated heterocycles. The Morgan fingerprint density at radius 3 is 2.65 bits per heavy atom. The second-order valence-corrected chi connectivity index (χ2v) is 5.75. The van der Waals surface area contributed by atoms with Gasteiger partial charge in [-0.2, -0.15) is 0 Å². The predicted octanol–water partition coefficient (Wildman–Crippen LogP) is 4.97. The maximum atomic E-state index is 6.13. The van der Waals surface area contributed by atoms with Gasteiger partial charge in [0.2, 0.25) is 0 Å². The third-order valence-electron chi connectivity index (χ3n) is 3.37. The van der Waals surface area contributed by atoms with Crippen molar-refractivity contribution in [1.82, 2.24) is 5.32 Å². The molecule has 0 radical (unpaired) electrons. The second kappa shape index (κ2) is 6.91. The van der Waals surface area contributed by atoms with Crippen molar-refractivity contribution in [2.24, 2.45) is 0 Å². The Labute approximate surface area is 129 Å². The van der Waals surface area contributed by atoms with Gasteiger partial charge in [-0.05, 0) is 49.7 Å². The van der Waals surface area contributed by atoms with Gasteiger partial charge in [-0.1, -0.05) is 41.1 Å². The molecule has 0 aliphatic heterocycles. The van der Waals surface area contributed by atoms with Gasteiger partial charge in [0.05, 0.1) is 0 Å². The summed E-state index contributed by atoms with van der Waals surface area (Å²) in [5, 5.41) is 3.34. The average molecular weight is 334 g/mol. The van der Waals surface area contributed by atoms with E-state index in [1.54, 1.807) is 0 Å². The van der Waals surface area contributed by atoms with Crippen LogP contribution in [0, 0.1) is 13.8 Å². The summed E-state index contributed by atoms with van der Waals surface area (Å²) in [4.78, 5) is 0. The number of aryl methyl sites for hydroxylation is 1. The van der Waals surface area contributed by atoms with Crippen LogP contribution in [-0.2, 0) is 6.54 Å². The maximum absolute atomic E-state index is 6.13. The Hall–Kier alpha value is -1.32. The van der Waals surface area contributed by atoms with E-state index in [2.05, 4.69) is 54.2 Å². The molecule has 0 saturated carbocycles. The molecule has 106 valence electrons. The molecule has 1 N–H and O–H groups in total. The summed E-state index contributed by atoms with van der Waals surface area (Å²) >= 11 is 3.51. The molecule has 0 aliphatic carbocycles. The van der Waals surface area contributed by atoms with E-state index in [0.29, 0.717) is 0 Å². The van der Waals surface area contributed by atoms with Crippen LogP contribution in [-0.4, -0.2) is 6.54 Å². The van der Waals surface area contributed by atoms with E-state index < -0.39 is 0 Å². The minimum atomic E-state index is 0.810. The highest BCUT2D eigenvalue weighted by atomic mass is 79.9. The monoisotopic (exact) mass is 333 g/mol. The Morgan fingerprint density at radius 1 is 1.10 bits per heavy atom. The second-order valence-electron chi connectivity index (χ2n) is 4.83. The van der Waals surface area contributed by atoms with Crippen LogP contribution in [0.25, 0.3) is 0 Å². The highest BCUT2D eigenvalue weighted by Gasteiger charge is 2.08. The lowest BCUT2D eigenvalue weighted by Crippen LogP contribution is -2.12. The molecule has 2 aromatic rings. The van der Waals surface area contributed by atoms with E-state index in [1.807, 2.05) is 24.3 Å². The minimum Gasteiger partial charge on any atom is -0.457 e. The molecule has 0 heterocycles. The molecule has 3 heteroatoms. The van der Waals surface area contributed by atoms with E-state index in [4.69, 9.17) is 4.74 Å². The van der Waals surface area contributed by atoms with Gasteiger partial charge >= 0.3 is 0 Å². The smallest absolute Gasteiger partial charge is 0.133 e. The molecule has 0 atom stereocenters. The van der Waals surface area contributed by atoms with Crippen LogP contribution < -0.4 is 10.1 Å². The third-order valence-corrected chi connectivity index (χ3v) is 3.86. The topological polar surface area (TPSA) is 21.3 Å². The number of halogens is 1. The zero-order chi connectivity index (χ0) is 14.5. The van der Waals surface area contributed by atoms with Gasteiger partial charge in [-0.3, -0.25) is 0 Å². The van der Waals surface area contributed by atoms with Crippen LogP contribution in [0.5, 0.6) is 11.5 Å². The van der Waals surface area contributed by atoms with Gasteiger partial charge in [-0.25, -0.2) is 0 Å². The minimum absolute atomic E-state index is 0.810. The van der Waals surface area contributed by atoms with E-state index in [-0.39, 0.29) is 0 Å². The van der Waals surface area contributed by atoms with Crippen molar-refractivity contribution < 1.29 is 4.74 Å². The fraction of sp³-hybridized carbons (Fsp3) is 0.294. The van der Waals surface area contributed by atoms with Crippen LogP contribution in [0.2, 0.25) is 0 Å². The summed E-state index contributed by atoms with van der Waals surface area (Å²) in [7, 11) is 0. The number of rotatable bonds is 5. The lowest BCUT2D eigenvalue weighted by molar-refractivity contribution is 0.469. The van der Waals surface area contributed by atoms with E-state index in [9.17, 15) is 0 Å². The van der Waals surface area contributed by atoms with Gasteiger partial charge in [0.1, 0.15) is 11.5 Å². The summed E-state index contributed by atoms with van der Waals surface area (Å²) in [5.41, 5.74) is 3.59. The molecule has 0 unspecified atom stereocenters. The van der Waals surface area contributed by atoms with Crippen molar-refractivity contribution >= 4 is 15.9 Å². The number of nitrogens with one attached hydrogen (secondary N) is 1. The molecule has 2 aromatic carbocycles. The standard InChI is InChI=1S/C17H20BrNO/c1-4-19-11-14-8-9-15(18)10-17(14)20-16-7-5-6-12(2)13(16)3/h5-10,19H,4,11H2,1-3H3. The first-order chi connectivity index (χ1) is 9.61. The summed E-state index contributed by atoms with van der Waals surface area (Å²) in [6.45, 7) is 8.04. The zero-order valence-corrected chi connectivity index (χ0v) is 13.8. The molecule has 0 aromatic heterocycles. The molecule has 0 aliphatic rings. The van der Waals surface area contributed by atoms with Crippen molar-refractivity contribution in [3.8, 4) is 11.5 Å². The number of ether oxygens (including phenoxy) is 1. The van der Waals surface area contributed by atoms with Crippen molar-refractivity contribution in [2.45, 2.75) is 27.3 Å². The summed E-state index contributed by atoms with van der Waals surface area (Å²) in [6.07, 6.45) is 0. The van der Waals surface area contributed by atoms with E-state index >= 15 is 0 Å². The van der Waals surface area contributed by atoms with Crippen LogP contribution in [0.3, 0.4) is 0 Å². The van der Waals surface area contributed by atoms with Crippen molar-refractivity contribution in [1.29, 1.82) is 0 Å². The fourth-order valence-corrected chi connectivity index (χ4v) is 2.32. The van der Waals surface area contributed by atoms with Crippen LogP contribution in [0.4, 0.5) is 0 Å². The zero-order valence-electron chi connectivity index (χ0n) is 12.2. The van der Waals surface area contributed by atoms with Crippen molar-refractivity contribution in [2.75, 3.05) is 6.54 Å². The first-order valence-electron chi connectivity index (χ1n) is 6.85. The van der Waals surface area contributed by atoms with Gasteiger partial charge in [0.25, 0.3) is 0 Å². The van der Waals surface area contributed by atoms with Gasteiger partial charge in [-0.15, -0.1) is 0 Å². The first-order valence-corrected chi connectivity index (χ1v) is 7.64. The Bertz CT molecular complexity index is 596. The van der Waals surface area contributed by atoms with Crippen LogP contribution >= 0.6 is 15.9 Å². The summed E-state index contributed by atoms with van der Waals surface area (Å²) in [5.74, 6) is 1.81. The summed E-state index contributed by atoms with van der Waals surface area (Å²) in [6, 6.07) is 12.3. The molecular formula is C17H20BrNO. The SMILES string of the molecule is CCNCc1ccc(Br)cc1Oc1cccc(C)c1C. The predicted molar refractivity (Wildman–Crippen MR) is 87.5 cm³/mol. The molecule has 0 amide bonds. The average Bonchev–Trinajstić information content (AvgIpc) is 2.43. The molecule has 0 spiro atoms. The lowest BCUT2D eigenvalue weighted by atomic mass is 10.1. The first kappa shape index (κ1) is 15.1. The quantitative estimate of drug-likeness (QED) is 0.834. The van der Waals surface area contributed by atoms with Gasteiger partial charge in [0.15, 0.2) is 0 Å². The molecule has 20 heavy (non-hydrogen) atoms. The van der Waals surface area contributed by atoms with Crippen molar-refractivity contribution in [3.05, 3.63) is 57.6 Å². The normalized spacial score (nSPS) is 10.6. The van der Waals surface area contributed by atoms with Gasteiger partial charge in [0, 0.05) is 16.6 Å². The van der Waals surface area contributed by atoms with Gasteiger partial charge < -0.3 is 10.1 Å². The fourth-order valence-electron chi connectivity index (χ4n) is 1.98. The lowest BCUT2D eigenvalue weighted by Gasteiger charge is -2.14. The Kier molecular flexibility index (Phi) is 5.21. The highest BCUT2D eigenvalue weighted by molar-refractivity contribution is 9.10. The molecule has 2 rings (SSSR count). The van der Waals surface area contributed by atoms with Crippen LogP contribution in [0.1, 0.15) is 23.6 Å². The Morgan fingerprint density at radius 2 is 1.90 bits per heavy atom.